The van der Waals surface area contributed by atoms with Gasteiger partial charge in [-0.2, -0.15) is 0 Å². The zero-order valence-corrected chi connectivity index (χ0v) is 20.4. The molecule has 2 aromatic heterocycles. The number of aliphatic hydroxyl groups is 1. The fraction of sp³-hybridized carbons (Fsp3) is 0.571. The third kappa shape index (κ3) is 6.28. The van der Waals surface area contributed by atoms with Crippen LogP contribution in [0.15, 0.2) is 18.3 Å². The number of aliphatic hydroxyl groups excluding tert-OH is 1. The number of imidazole rings is 1. The summed E-state index contributed by atoms with van der Waals surface area (Å²) >= 11 is 6.36. The van der Waals surface area contributed by atoms with E-state index in [4.69, 9.17) is 11.6 Å². The van der Waals surface area contributed by atoms with Crippen molar-refractivity contribution in [1.82, 2.24) is 24.6 Å². The number of H-pyrrole nitrogens is 1. The summed E-state index contributed by atoms with van der Waals surface area (Å²) in [5.74, 6) is -0.848. The Morgan fingerprint density at radius 1 is 1.42 bits per heavy atom. The molecule has 33 heavy (non-hydrogen) atoms. The van der Waals surface area contributed by atoms with Crippen LogP contribution in [0.4, 0.5) is 4.39 Å². The van der Waals surface area contributed by atoms with E-state index in [1.54, 1.807) is 13.8 Å². The number of sulfonamides is 1. The third-order valence-corrected chi connectivity index (χ3v) is 7.87. The predicted octanol–water partition coefficient (Wildman–Crippen LogP) is 2.30. The molecule has 2 atom stereocenters. The summed E-state index contributed by atoms with van der Waals surface area (Å²) in [4.78, 5) is 23.6. The van der Waals surface area contributed by atoms with Gasteiger partial charge >= 0.3 is 0 Å². The van der Waals surface area contributed by atoms with Gasteiger partial charge in [-0.3, -0.25) is 4.79 Å². The van der Waals surface area contributed by atoms with Crippen LogP contribution in [-0.4, -0.2) is 69.7 Å². The SMILES string of the molecule is C[C@H]1CN(S(=O)(=O)CCC(=O)NC(C)(C)CO)CC[C@H]1c1[nH]c(-c2ccc(F)cn2)nc1Cl. The van der Waals surface area contributed by atoms with E-state index >= 15 is 0 Å². The fourth-order valence-electron chi connectivity index (χ4n) is 3.87. The molecule has 1 saturated heterocycles. The van der Waals surface area contributed by atoms with E-state index in [1.807, 2.05) is 6.92 Å². The molecular formula is C21H29ClFN5O4S. The van der Waals surface area contributed by atoms with Gasteiger partial charge in [0.15, 0.2) is 11.0 Å². The normalized spacial score (nSPS) is 20.1. The maximum absolute atomic E-state index is 13.1. The van der Waals surface area contributed by atoms with Crippen molar-refractivity contribution in [2.24, 2.45) is 5.92 Å². The van der Waals surface area contributed by atoms with Crippen molar-refractivity contribution in [2.45, 2.75) is 45.1 Å². The van der Waals surface area contributed by atoms with Crippen LogP contribution in [0.3, 0.4) is 0 Å². The molecule has 3 N–H and O–H groups in total. The number of pyridine rings is 1. The lowest BCUT2D eigenvalue weighted by Crippen LogP contribution is -2.47. The highest BCUT2D eigenvalue weighted by Gasteiger charge is 2.35. The van der Waals surface area contributed by atoms with Gasteiger partial charge in [-0.1, -0.05) is 18.5 Å². The standard InChI is InChI=1S/C21H29ClFN5O4S/c1-13-11-28(33(31,32)9-7-17(30)27-21(2,3)12-29)8-6-15(13)18-19(22)26-20(25-18)16-5-4-14(23)10-24-16/h4-5,10,13,15,29H,6-9,11-12H2,1-3H3,(H,25,26)(H,27,30)/t13-,15+/m0/s1. The first kappa shape index (κ1) is 25.5. The van der Waals surface area contributed by atoms with Crippen molar-refractivity contribution < 1.29 is 22.7 Å². The van der Waals surface area contributed by atoms with Crippen LogP contribution >= 0.6 is 11.6 Å². The predicted molar refractivity (Wildman–Crippen MR) is 123 cm³/mol. The van der Waals surface area contributed by atoms with Crippen molar-refractivity contribution in [3.63, 3.8) is 0 Å². The summed E-state index contributed by atoms with van der Waals surface area (Å²) in [6.07, 6.45) is 1.45. The number of hydrogen-bond donors (Lipinski definition) is 3. The van der Waals surface area contributed by atoms with E-state index in [0.29, 0.717) is 30.2 Å². The molecular weight excluding hydrogens is 473 g/mol. The molecule has 0 aromatic carbocycles. The minimum absolute atomic E-state index is 0.0423. The van der Waals surface area contributed by atoms with Crippen LogP contribution in [0.25, 0.3) is 11.5 Å². The molecule has 0 unspecified atom stereocenters. The molecule has 0 aliphatic carbocycles. The Labute approximate surface area is 197 Å². The largest absolute Gasteiger partial charge is 0.394 e. The van der Waals surface area contributed by atoms with Gasteiger partial charge in [0.05, 0.1) is 29.8 Å². The number of nitrogens with one attached hydrogen (secondary N) is 2. The average molecular weight is 502 g/mol. The number of halogens is 2. The molecule has 1 fully saturated rings. The van der Waals surface area contributed by atoms with Gasteiger partial charge in [0.1, 0.15) is 11.5 Å². The third-order valence-electron chi connectivity index (χ3n) is 5.75. The molecule has 12 heteroatoms. The summed E-state index contributed by atoms with van der Waals surface area (Å²) < 4.78 is 40.2. The highest BCUT2D eigenvalue weighted by Crippen LogP contribution is 2.37. The van der Waals surface area contributed by atoms with E-state index in [1.165, 1.54) is 16.4 Å². The van der Waals surface area contributed by atoms with Crippen LogP contribution < -0.4 is 5.32 Å². The summed E-state index contributed by atoms with van der Waals surface area (Å²) in [5, 5.41) is 12.1. The lowest BCUT2D eigenvalue weighted by Gasteiger charge is -2.35. The molecule has 2 aromatic rings. The minimum Gasteiger partial charge on any atom is -0.394 e. The number of aromatic nitrogens is 3. The topological polar surface area (TPSA) is 128 Å². The van der Waals surface area contributed by atoms with E-state index < -0.39 is 27.3 Å². The monoisotopic (exact) mass is 501 g/mol. The second kappa shape index (κ2) is 10.0. The molecule has 0 bridgehead atoms. The molecule has 1 amide bonds. The molecule has 3 heterocycles. The molecule has 1 aliphatic heterocycles. The van der Waals surface area contributed by atoms with E-state index in [2.05, 4.69) is 20.3 Å². The number of carbonyl (C=O) groups excluding carboxylic acids is 1. The Morgan fingerprint density at radius 3 is 2.76 bits per heavy atom. The van der Waals surface area contributed by atoms with Crippen LogP contribution in [-0.2, 0) is 14.8 Å². The van der Waals surface area contributed by atoms with Gasteiger partial charge in [-0.25, -0.2) is 27.1 Å². The summed E-state index contributed by atoms with van der Waals surface area (Å²) in [7, 11) is -3.63. The Bertz CT molecular complexity index is 1090. The number of carbonyl (C=O) groups is 1. The van der Waals surface area contributed by atoms with E-state index in [0.717, 1.165) is 6.20 Å². The quantitative estimate of drug-likeness (QED) is 0.509. The van der Waals surface area contributed by atoms with Crippen molar-refractivity contribution in [3.8, 4) is 11.5 Å². The first-order chi connectivity index (χ1) is 15.4. The van der Waals surface area contributed by atoms with Gasteiger partial charge in [0.25, 0.3) is 0 Å². The summed E-state index contributed by atoms with van der Waals surface area (Å²) in [6.45, 7) is 5.59. The second-order valence-corrected chi connectivity index (χ2v) is 11.5. The Morgan fingerprint density at radius 2 is 2.15 bits per heavy atom. The Hall–Kier alpha value is -2.08. The van der Waals surface area contributed by atoms with Crippen molar-refractivity contribution in [1.29, 1.82) is 0 Å². The number of aromatic amines is 1. The average Bonchev–Trinajstić information content (AvgIpc) is 3.14. The van der Waals surface area contributed by atoms with Crippen LogP contribution in [0.5, 0.6) is 0 Å². The molecule has 1 aliphatic rings. The number of amides is 1. The molecule has 9 nitrogen and oxygen atoms in total. The molecule has 0 spiro atoms. The summed E-state index contributed by atoms with van der Waals surface area (Å²) in [5.41, 5.74) is 0.354. The van der Waals surface area contributed by atoms with Gasteiger partial charge < -0.3 is 15.4 Å². The van der Waals surface area contributed by atoms with Gasteiger partial charge in [-0.15, -0.1) is 0 Å². The molecule has 3 rings (SSSR count). The van der Waals surface area contributed by atoms with Crippen molar-refractivity contribution in [3.05, 3.63) is 35.0 Å². The second-order valence-electron chi connectivity index (χ2n) is 9.04. The van der Waals surface area contributed by atoms with Crippen molar-refractivity contribution in [2.75, 3.05) is 25.4 Å². The van der Waals surface area contributed by atoms with E-state index in [-0.39, 0.29) is 42.3 Å². The highest BCUT2D eigenvalue weighted by molar-refractivity contribution is 7.89. The van der Waals surface area contributed by atoms with Gasteiger partial charge in [0.2, 0.25) is 15.9 Å². The Balaban J connectivity index is 1.63. The lowest BCUT2D eigenvalue weighted by atomic mass is 9.86. The maximum atomic E-state index is 13.1. The highest BCUT2D eigenvalue weighted by atomic mass is 35.5. The van der Waals surface area contributed by atoms with Gasteiger partial charge in [0, 0.05) is 25.4 Å². The first-order valence-electron chi connectivity index (χ1n) is 10.7. The molecule has 182 valence electrons. The minimum atomic E-state index is -3.63. The zero-order chi connectivity index (χ0) is 24.4. The molecule has 0 radical (unpaired) electrons. The first-order valence-corrected chi connectivity index (χ1v) is 12.7. The zero-order valence-electron chi connectivity index (χ0n) is 18.8. The number of piperidine rings is 1. The van der Waals surface area contributed by atoms with E-state index in [9.17, 15) is 22.7 Å². The Kier molecular flexibility index (Phi) is 7.77. The number of rotatable bonds is 8. The van der Waals surface area contributed by atoms with Crippen molar-refractivity contribution >= 4 is 27.5 Å². The number of hydrogen-bond acceptors (Lipinski definition) is 6. The summed E-state index contributed by atoms with van der Waals surface area (Å²) in [6, 6.07) is 2.79. The smallest absolute Gasteiger partial charge is 0.221 e. The van der Waals surface area contributed by atoms with Gasteiger partial charge in [-0.05, 0) is 38.3 Å². The van der Waals surface area contributed by atoms with Crippen LogP contribution in [0, 0.1) is 11.7 Å². The fourth-order valence-corrected chi connectivity index (χ4v) is 5.69. The van der Waals surface area contributed by atoms with Crippen LogP contribution in [0.2, 0.25) is 5.15 Å². The molecule has 0 saturated carbocycles. The van der Waals surface area contributed by atoms with Crippen LogP contribution in [0.1, 0.15) is 45.2 Å². The number of nitrogens with zero attached hydrogens (tertiary/aromatic N) is 3. The lowest BCUT2D eigenvalue weighted by molar-refractivity contribution is -0.122. The maximum Gasteiger partial charge on any atom is 0.221 e.